The maximum atomic E-state index is 5.77. The van der Waals surface area contributed by atoms with Gasteiger partial charge < -0.3 is 14.8 Å². The topological polar surface area (TPSA) is 30.5 Å². The third kappa shape index (κ3) is 3.38. The van der Waals surface area contributed by atoms with Crippen LogP contribution >= 0.6 is 11.6 Å². The van der Waals surface area contributed by atoms with Crippen LogP contribution in [-0.2, 0) is 4.74 Å². The predicted molar refractivity (Wildman–Crippen MR) is 59.6 cm³/mol. The Bertz CT molecular complexity index is 296. The monoisotopic (exact) mass is 227 g/mol. The standard InChI is InChI=1S/C11H14ClNO2/c12-9-1-3-10(4-2-9)15-8-11-7-13-5-6-14-11/h1-4,11,13H,5-8H2. The summed E-state index contributed by atoms with van der Waals surface area (Å²) in [5.41, 5.74) is 0. The van der Waals surface area contributed by atoms with Crippen molar-refractivity contribution in [2.75, 3.05) is 26.3 Å². The first-order chi connectivity index (χ1) is 7.34. The van der Waals surface area contributed by atoms with E-state index < -0.39 is 0 Å². The normalized spacial score (nSPS) is 21.3. The Balaban J connectivity index is 1.79. The highest BCUT2D eigenvalue weighted by atomic mass is 35.5. The highest BCUT2D eigenvalue weighted by Crippen LogP contribution is 2.15. The summed E-state index contributed by atoms with van der Waals surface area (Å²) < 4.78 is 11.1. The van der Waals surface area contributed by atoms with E-state index in [1.807, 2.05) is 24.3 Å². The van der Waals surface area contributed by atoms with Crippen LogP contribution in [0.25, 0.3) is 0 Å². The molecule has 15 heavy (non-hydrogen) atoms. The Morgan fingerprint density at radius 2 is 2.20 bits per heavy atom. The lowest BCUT2D eigenvalue weighted by molar-refractivity contribution is 0.000197. The Morgan fingerprint density at radius 3 is 2.87 bits per heavy atom. The number of hydrogen-bond acceptors (Lipinski definition) is 3. The molecule has 1 unspecified atom stereocenters. The lowest BCUT2D eigenvalue weighted by Crippen LogP contribution is -2.41. The van der Waals surface area contributed by atoms with Crippen molar-refractivity contribution in [3.63, 3.8) is 0 Å². The van der Waals surface area contributed by atoms with Crippen LogP contribution in [-0.4, -0.2) is 32.4 Å². The summed E-state index contributed by atoms with van der Waals surface area (Å²) in [7, 11) is 0. The molecule has 1 N–H and O–H groups in total. The molecule has 0 spiro atoms. The molecule has 0 aliphatic carbocycles. The average molecular weight is 228 g/mol. The van der Waals surface area contributed by atoms with Gasteiger partial charge in [0.25, 0.3) is 0 Å². The van der Waals surface area contributed by atoms with E-state index >= 15 is 0 Å². The third-order valence-corrected chi connectivity index (χ3v) is 2.51. The third-order valence-electron chi connectivity index (χ3n) is 2.25. The molecule has 1 atom stereocenters. The highest BCUT2D eigenvalue weighted by Gasteiger charge is 2.13. The van der Waals surface area contributed by atoms with E-state index in [1.54, 1.807) is 0 Å². The van der Waals surface area contributed by atoms with E-state index in [4.69, 9.17) is 21.1 Å². The molecular formula is C11H14ClNO2. The first-order valence-electron chi connectivity index (χ1n) is 5.05. The van der Waals surface area contributed by atoms with Gasteiger partial charge in [-0.3, -0.25) is 0 Å². The van der Waals surface area contributed by atoms with Crippen LogP contribution in [0, 0.1) is 0 Å². The molecule has 1 aromatic rings. The van der Waals surface area contributed by atoms with Gasteiger partial charge in [0, 0.05) is 18.1 Å². The van der Waals surface area contributed by atoms with Crippen molar-refractivity contribution in [1.29, 1.82) is 0 Å². The fraction of sp³-hybridized carbons (Fsp3) is 0.455. The summed E-state index contributed by atoms with van der Waals surface area (Å²) in [4.78, 5) is 0. The summed E-state index contributed by atoms with van der Waals surface area (Å²) >= 11 is 5.77. The molecule has 0 bridgehead atoms. The van der Waals surface area contributed by atoms with Crippen molar-refractivity contribution in [3.8, 4) is 5.75 Å². The van der Waals surface area contributed by atoms with Gasteiger partial charge in [-0.2, -0.15) is 0 Å². The zero-order valence-electron chi connectivity index (χ0n) is 8.41. The second-order valence-electron chi connectivity index (χ2n) is 3.46. The first kappa shape index (κ1) is 10.7. The van der Waals surface area contributed by atoms with Gasteiger partial charge in [-0.05, 0) is 24.3 Å². The Morgan fingerprint density at radius 1 is 1.40 bits per heavy atom. The molecule has 2 rings (SSSR count). The highest BCUT2D eigenvalue weighted by molar-refractivity contribution is 6.30. The smallest absolute Gasteiger partial charge is 0.119 e. The van der Waals surface area contributed by atoms with Crippen molar-refractivity contribution in [2.45, 2.75) is 6.10 Å². The largest absolute Gasteiger partial charge is 0.491 e. The van der Waals surface area contributed by atoms with Crippen LogP contribution in [0.4, 0.5) is 0 Å². The zero-order chi connectivity index (χ0) is 10.5. The minimum atomic E-state index is 0.148. The van der Waals surface area contributed by atoms with Crippen molar-refractivity contribution in [2.24, 2.45) is 0 Å². The van der Waals surface area contributed by atoms with Gasteiger partial charge in [-0.25, -0.2) is 0 Å². The van der Waals surface area contributed by atoms with Crippen LogP contribution in [0.5, 0.6) is 5.75 Å². The molecule has 4 heteroatoms. The maximum Gasteiger partial charge on any atom is 0.119 e. The van der Waals surface area contributed by atoms with Crippen molar-refractivity contribution < 1.29 is 9.47 Å². The van der Waals surface area contributed by atoms with Crippen LogP contribution in [0.2, 0.25) is 5.02 Å². The second-order valence-corrected chi connectivity index (χ2v) is 3.90. The van der Waals surface area contributed by atoms with Crippen LogP contribution in [0.15, 0.2) is 24.3 Å². The number of nitrogens with one attached hydrogen (secondary N) is 1. The quantitative estimate of drug-likeness (QED) is 0.853. The van der Waals surface area contributed by atoms with E-state index in [2.05, 4.69) is 5.32 Å². The molecule has 0 saturated carbocycles. The zero-order valence-corrected chi connectivity index (χ0v) is 9.17. The van der Waals surface area contributed by atoms with Gasteiger partial charge in [0.1, 0.15) is 18.5 Å². The van der Waals surface area contributed by atoms with E-state index in [-0.39, 0.29) is 6.10 Å². The van der Waals surface area contributed by atoms with E-state index in [0.717, 1.165) is 30.5 Å². The molecule has 1 aliphatic rings. The maximum absolute atomic E-state index is 5.77. The molecule has 0 radical (unpaired) electrons. The Labute approximate surface area is 94.3 Å². The van der Waals surface area contributed by atoms with E-state index in [9.17, 15) is 0 Å². The van der Waals surface area contributed by atoms with Crippen LogP contribution < -0.4 is 10.1 Å². The molecule has 3 nitrogen and oxygen atoms in total. The number of benzene rings is 1. The Kier molecular flexibility index (Phi) is 3.83. The fourth-order valence-corrected chi connectivity index (χ4v) is 1.57. The van der Waals surface area contributed by atoms with Crippen molar-refractivity contribution in [3.05, 3.63) is 29.3 Å². The SMILES string of the molecule is Clc1ccc(OCC2CNCCO2)cc1. The molecule has 0 amide bonds. The van der Waals surface area contributed by atoms with Gasteiger partial charge in [-0.1, -0.05) is 11.6 Å². The van der Waals surface area contributed by atoms with Crippen LogP contribution in [0.3, 0.4) is 0 Å². The minimum absolute atomic E-state index is 0.148. The van der Waals surface area contributed by atoms with Gasteiger partial charge in [-0.15, -0.1) is 0 Å². The molecule has 82 valence electrons. The van der Waals surface area contributed by atoms with Crippen molar-refractivity contribution >= 4 is 11.6 Å². The first-order valence-corrected chi connectivity index (χ1v) is 5.43. The second kappa shape index (κ2) is 5.35. The van der Waals surface area contributed by atoms with Crippen molar-refractivity contribution in [1.82, 2.24) is 5.32 Å². The van der Waals surface area contributed by atoms with Gasteiger partial charge >= 0.3 is 0 Å². The fourth-order valence-electron chi connectivity index (χ4n) is 1.45. The summed E-state index contributed by atoms with van der Waals surface area (Å²) in [6.45, 7) is 3.12. The molecule has 1 fully saturated rings. The molecule has 1 aromatic carbocycles. The summed E-state index contributed by atoms with van der Waals surface area (Å²) in [5.74, 6) is 0.827. The predicted octanol–water partition coefficient (Wildman–Crippen LogP) is 1.71. The average Bonchev–Trinajstić information content (AvgIpc) is 2.30. The van der Waals surface area contributed by atoms with E-state index in [0.29, 0.717) is 6.61 Å². The summed E-state index contributed by atoms with van der Waals surface area (Å²) in [6, 6.07) is 7.35. The molecular weight excluding hydrogens is 214 g/mol. The summed E-state index contributed by atoms with van der Waals surface area (Å²) in [5, 5.41) is 3.97. The van der Waals surface area contributed by atoms with E-state index in [1.165, 1.54) is 0 Å². The van der Waals surface area contributed by atoms with Gasteiger partial charge in [0.15, 0.2) is 0 Å². The summed E-state index contributed by atoms with van der Waals surface area (Å²) in [6.07, 6.45) is 0.148. The molecule has 1 saturated heterocycles. The molecule has 1 heterocycles. The van der Waals surface area contributed by atoms with Gasteiger partial charge in [0.2, 0.25) is 0 Å². The molecule has 1 aliphatic heterocycles. The Hall–Kier alpha value is -0.770. The number of rotatable bonds is 3. The molecule has 0 aromatic heterocycles. The van der Waals surface area contributed by atoms with Crippen LogP contribution in [0.1, 0.15) is 0 Å². The number of hydrogen-bond donors (Lipinski definition) is 1. The lowest BCUT2D eigenvalue weighted by Gasteiger charge is -2.23. The number of ether oxygens (including phenoxy) is 2. The minimum Gasteiger partial charge on any atom is -0.491 e. The number of morpholine rings is 1. The van der Waals surface area contributed by atoms with Gasteiger partial charge in [0.05, 0.1) is 6.61 Å². The number of halogens is 1. The lowest BCUT2D eigenvalue weighted by atomic mass is 10.3.